The summed E-state index contributed by atoms with van der Waals surface area (Å²) in [6.07, 6.45) is 5.17. The van der Waals surface area contributed by atoms with Crippen LogP contribution in [0.2, 0.25) is 0 Å². The average molecular weight is 388 g/mol. The van der Waals surface area contributed by atoms with Crippen molar-refractivity contribution in [1.82, 2.24) is 10.2 Å². The number of rotatable bonds is 5. The average Bonchev–Trinajstić information content (AvgIpc) is 3.24. The van der Waals surface area contributed by atoms with Gasteiger partial charge in [-0.1, -0.05) is 12.1 Å². The van der Waals surface area contributed by atoms with E-state index in [2.05, 4.69) is 53.5 Å². The first-order valence-electron chi connectivity index (χ1n) is 8.92. The molecule has 4 nitrogen and oxygen atoms in total. The van der Waals surface area contributed by atoms with Gasteiger partial charge >= 0.3 is 0 Å². The second-order valence-corrected chi connectivity index (χ2v) is 7.13. The minimum absolute atomic E-state index is 0. The van der Waals surface area contributed by atoms with Gasteiger partial charge in [-0.25, -0.2) is 0 Å². The number of anilines is 1. The van der Waals surface area contributed by atoms with Crippen molar-refractivity contribution in [2.75, 3.05) is 38.6 Å². The smallest absolute Gasteiger partial charge is 0.223 e. The van der Waals surface area contributed by atoms with E-state index in [0.717, 1.165) is 38.9 Å². The number of likely N-dealkylation sites (tertiary alicyclic amines) is 1. The second kappa shape index (κ2) is 10.2. The topological polar surface area (TPSA) is 35.6 Å². The van der Waals surface area contributed by atoms with Gasteiger partial charge in [-0.2, -0.15) is 0 Å². The number of nitrogens with zero attached hydrogens (tertiary/aromatic N) is 2. The summed E-state index contributed by atoms with van der Waals surface area (Å²) < 4.78 is 0. The summed E-state index contributed by atoms with van der Waals surface area (Å²) in [5, 5.41) is 3.39. The summed E-state index contributed by atoms with van der Waals surface area (Å²) in [6.45, 7) is 3.11. The predicted molar refractivity (Wildman–Crippen MR) is 109 cm³/mol. The standard InChI is InChI=1S/C19H29N3O.2ClH/c1-21(2)17-6-3-5-16(13-17)18-7-4-12-22(18)19(23)9-8-15-10-11-20-14-15;;/h3,5-6,13,15,18,20H,4,7-12,14H2,1-2H3;2*1H. The Morgan fingerprint density at radius 1 is 1.28 bits per heavy atom. The Kier molecular flexibility index (Phi) is 9.04. The van der Waals surface area contributed by atoms with Gasteiger partial charge in [0.2, 0.25) is 5.91 Å². The molecule has 2 saturated heterocycles. The molecule has 0 aliphatic carbocycles. The summed E-state index contributed by atoms with van der Waals surface area (Å²) >= 11 is 0. The van der Waals surface area contributed by atoms with Crippen LogP contribution in [-0.2, 0) is 4.79 Å². The molecule has 2 aliphatic rings. The summed E-state index contributed by atoms with van der Waals surface area (Å²) in [6, 6.07) is 8.90. The largest absolute Gasteiger partial charge is 0.378 e. The zero-order valence-corrected chi connectivity index (χ0v) is 16.9. The minimum atomic E-state index is 0. The molecule has 1 aromatic carbocycles. The van der Waals surface area contributed by atoms with E-state index >= 15 is 0 Å². The number of nitrogens with one attached hydrogen (secondary N) is 1. The van der Waals surface area contributed by atoms with Crippen LogP contribution in [-0.4, -0.2) is 44.5 Å². The molecule has 2 unspecified atom stereocenters. The minimum Gasteiger partial charge on any atom is -0.378 e. The lowest BCUT2D eigenvalue weighted by molar-refractivity contribution is -0.132. The molecule has 2 aliphatic heterocycles. The van der Waals surface area contributed by atoms with E-state index in [1.807, 2.05) is 0 Å². The summed E-state index contributed by atoms with van der Waals surface area (Å²) in [7, 11) is 4.12. The van der Waals surface area contributed by atoms with Crippen LogP contribution < -0.4 is 10.2 Å². The maximum absolute atomic E-state index is 12.7. The predicted octanol–water partition coefficient (Wildman–Crippen LogP) is 3.65. The Labute approximate surface area is 164 Å². The van der Waals surface area contributed by atoms with E-state index in [4.69, 9.17) is 0 Å². The van der Waals surface area contributed by atoms with Gasteiger partial charge in [0.25, 0.3) is 0 Å². The van der Waals surface area contributed by atoms with Gasteiger partial charge in [-0.3, -0.25) is 4.79 Å². The fraction of sp³-hybridized carbons (Fsp3) is 0.632. The molecular formula is C19H31Cl2N3O. The number of carbonyl (C=O) groups is 1. The normalized spacial score (nSPS) is 22.2. The molecule has 6 heteroatoms. The van der Waals surface area contributed by atoms with Gasteiger partial charge in [-0.05, 0) is 62.4 Å². The van der Waals surface area contributed by atoms with E-state index in [1.54, 1.807) is 0 Å². The lowest BCUT2D eigenvalue weighted by Crippen LogP contribution is -2.31. The highest BCUT2D eigenvalue weighted by Crippen LogP contribution is 2.34. The molecular weight excluding hydrogens is 357 g/mol. The fourth-order valence-corrected chi connectivity index (χ4v) is 3.85. The number of hydrogen-bond acceptors (Lipinski definition) is 3. The van der Waals surface area contributed by atoms with Gasteiger partial charge in [0.15, 0.2) is 0 Å². The molecule has 0 aromatic heterocycles. The zero-order valence-electron chi connectivity index (χ0n) is 15.2. The van der Waals surface area contributed by atoms with E-state index in [1.165, 1.54) is 17.7 Å². The first kappa shape index (κ1) is 22.1. The molecule has 1 aromatic rings. The van der Waals surface area contributed by atoms with Crippen LogP contribution in [0.3, 0.4) is 0 Å². The highest BCUT2D eigenvalue weighted by Gasteiger charge is 2.30. The van der Waals surface area contributed by atoms with Crippen molar-refractivity contribution in [3.63, 3.8) is 0 Å². The Morgan fingerprint density at radius 3 is 2.76 bits per heavy atom. The Morgan fingerprint density at radius 2 is 2.08 bits per heavy atom. The van der Waals surface area contributed by atoms with Crippen molar-refractivity contribution in [1.29, 1.82) is 0 Å². The Balaban J connectivity index is 0.00000156. The third kappa shape index (κ3) is 5.50. The first-order valence-corrected chi connectivity index (χ1v) is 8.92. The van der Waals surface area contributed by atoms with Crippen LogP contribution >= 0.6 is 24.8 Å². The molecule has 0 saturated carbocycles. The second-order valence-electron chi connectivity index (χ2n) is 7.13. The lowest BCUT2D eigenvalue weighted by atomic mass is 10.0. The molecule has 1 N–H and O–H groups in total. The third-order valence-electron chi connectivity index (χ3n) is 5.27. The van der Waals surface area contributed by atoms with E-state index in [-0.39, 0.29) is 30.9 Å². The number of carbonyl (C=O) groups excluding carboxylic acids is 1. The molecule has 3 rings (SSSR count). The van der Waals surface area contributed by atoms with Gasteiger partial charge in [0.1, 0.15) is 0 Å². The van der Waals surface area contributed by atoms with Crippen molar-refractivity contribution in [2.24, 2.45) is 5.92 Å². The van der Waals surface area contributed by atoms with E-state index in [9.17, 15) is 4.79 Å². The third-order valence-corrected chi connectivity index (χ3v) is 5.27. The fourth-order valence-electron chi connectivity index (χ4n) is 3.85. The quantitative estimate of drug-likeness (QED) is 0.837. The van der Waals surface area contributed by atoms with Crippen molar-refractivity contribution < 1.29 is 4.79 Å². The number of hydrogen-bond donors (Lipinski definition) is 1. The van der Waals surface area contributed by atoms with Crippen LogP contribution in [0.1, 0.15) is 43.7 Å². The molecule has 0 radical (unpaired) electrons. The molecule has 2 fully saturated rings. The number of amides is 1. The SMILES string of the molecule is CN(C)c1cccc(C2CCCN2C(=O)CCC2CCNC2)c1.Cl.Cl. The van der Waals surface area contributed by atoms with E-state index in [0.29, 0.717) is 18.2 Å². The molecule has 142 valence electrons. The summed E-state index contributed by atoms with van der Waals surface area (Å²) in [5.74, 6) is 1.03. The Hall–Kier alpha value is -0.970. The molecule has 2 heterocycles. The van der Waals surface area contributed by atoms with Crippen LogP contribution in [0.15, 0.2) is 24.3 Å². The maximum Gasteiger partial charge on any atom is 0.223 e. The van der Waals surface area contributed by atoms with Crippen LogP contribution in [0, 0.1) is 5.92 Å². The number of halogens is 2. The Bertz CT molecular complexity index is 547. The van der Waals surface area contributed by atoms with Crippen LogP contribution in [0.4, 0.5) is 5.69 Å². The lowest BCUT2D eigenvalue weighted by Gasteiger charge is -2.26. The molecule has 25 heavy (non-hydrogen) atoms. The van der Waals surface area contributed by atoms with Crippen LogP contribution in [0.5, 0.6) is 0 Å². The monoisotopic (exact) mass is 387 g/mol. The highest BCUT2D eigenvalue weighted by molar-refractivity contribution is 5.85. The van der Waals surface area contributed by atoms with Crippen molar-refractivity contribution in [3.8, 4) is 0 Å². The van der Waals surface area contributed by atoms with Gasteiger partial charge < -0.3 is 15.1 Å². The molecule has 0 spiro atoms. The van der Waals surface area contributed by atoms with Crippen molar-refractivity contribution >= 4 is 36.4 Å². The van der Waals surface area contributed by atoms with Gasteiger partial charge in [0, 0.05) is 32.7 Å². The first-order chi connectivity index (χ1) is 11.1. The van der Waals surface area contributed by atoms with Crippen molar-refractivity contribution in [2.45, 2.75) is 38.1 Å². The summed E-state index contributed by atoms with van der Waals surface area (Å²) in [4.78, 5) is 16.9. The number of benzene rings is 1. The maximum atomic E-state index is 12.7. The molecule has 2 atom stereocenters. The van der Waals surface area contributed by atoms with E-state index < -0.39 is 0 Å². The zero-order chi connectivity index (χ0) is 16.2. The van der Waals surface area contributed by atoms with Crippen molar-refractivity contribution in [3.05, 3.63) is 29.8 Å². The van der Waals surface area contributed by atoms with Gasteiger partial charge in [-0.15, -0.1) is 24.8 Å². The summed E-state index contributed by atoms with van der Waals surface area (Å²) in [5.41, 5.74) is 2.49. The van der Waals surface area contributed by atoms with Gasteiger partial charge in [0.05, 0.1) is 6.04 Å². The van der Waals surface area contributed by atoms with Crippen LogP contribution in [0.25, 0.3) is 0 Å². The highest BCUT2D eigenvalue weighted by atomic mass is 35.5. The molecule has 1 amide bonds. The molecule has 0 bridgehead atoms.